The van der Waals surface area contributed by atoms with Gasteiger partial charge >= 0.3 is 6.09 Å². The summed E-state index contributed by atoms with van der Waals surface area (Å²) < 4.78 is 26.4. The molecule has 1 aliphatic heterocycles. The minimum atomic E-state index is -0.544. The summed E-state index contributed by atoms with van der Waals surface area (Å²) in [5.41, 5.74) is 8.62. The smallest absolute Gasteiger partial charge is 0.413 e. The Morgan fingerprint density at radius 3 is 2.91 bits per heavy atom. The van der Waals surface area contributed by atoms with Crippen molar-refractivity contribution in [2.75, 3.05) is 29.5 Å². The minimum Gasteiger partial charge on any atom is -0.474 e. The zero-order valence-corrected chi connectivity index (χ0v) is 18.6. The molecule has 172 valence electrons. The lowest BCUT2D eigenvalue weighted by molar-refractivity contribution is 0.112. The lowest BCUT2D eigenvalue weighted by atomic mass is 9.97. The molecule has 0 radical (unpaired) electrons. The molecule has 9 heteroatoms. The molecular formula is C24H26FN5O3. The van der Waals surface area contributed by atoms with E-state index in [1.165, 1.54) is 6.20 Å². The van der Waals surface area contributed by atoms with Crippen LogP contribution < -0.4 is 21.1 Å². The average molecular weight is 452 g/mol. The minimum absolute atomic E-state index is 0.00889. The van der Waals surface area contributed by atoms with Crippen LogP contribution in [0.3, 0.4) is 0 Å². The van der Waals surface area contributed by atoms with Crippen molar-refractivity contribution in [1.82, 2.24) is 9.97 Å². The maximum absolute atomic E-state index is 15.3. The maximum Gasteiger partial charge on any atom is 0.413 e. The molecule has 1 saturated carbocycles. The van der Waals surface area contributed by atoms with E-state index < -0.39 is 11.9 Å². The number of nitrogens with zero attached hydrogens (tertiary/aromatic N) is 2. The Kier molecular flexibility index (Phi) is 5.39. The van der Waals surface area contributed by atoms with Crippen LogP contribution in [-0.2, 0) is 4.74 Å². The van der Waals surface area contributed by atoms with Crippen molar-refractivity contribution in [3.63, 3.8) is 0 Å². The SMILES string of the molecule is Cc1c(-c2cc3cc(NC(=O)OC4CCC(C)C4)ncc3c(N)c2F)cnc2c1NCCO2. The van der Waals surface area contributed by atoms with E-state index in [2.05, 4.69) is 27.5 Å². The van der Waals surface area contributed by atoms with E-state index >= 15 is 4.39 Å². The summed E-state index contributed by atoms with van der Waals surface area (Å²) in [5, 5.41) is 7.04. The second-order valence-electron chi connectivity index (χ2n) is 8.77. The topological polar surface area (TPSA) is 111 Å². The molecule has 1 fully saturated rings. The van der Waals surface area contributed by atoms with Crippen molar-refractivity contribution >= 4 is 34.1 Å². The summed E-state index contributed by atoms with van der Waals surface area (Å²) in [4.78, 5) is 20.9. The van der Waals surface area contributed by atoms with Gasteiger partial charge < -0.3 is 20.5 Å². The second-order valence-corrected chi connectivity index (χ2v) is 8.77. The predicted octanol–water partition coefficient (Wildman–Crippen LogP) is 4.87. The van der Waals surface area contributed by atoms with Crippen LogP contribution in [0.5, 0.6) is 5.88 Å². The van der Waals surface area contributed by atoms with E-state index in [9.17, 15) is 4.79 Å². The van der Waals surface area contributed by atoms with Gasteiger partial charge in [-0.25, -0.2) is 19.2 Å². The third-order valence-corrected chi connectivity index (χ3v) is 6.39. The van der Waals surface area contributed by atoms with Crippen LogP contribution in [0.2, 0.25) is 0 Å². The van der Waals surface area contributed by atoms with E-state index in [1.54, 1.807) is 18.3 Å². The van der Waals surface area contributed by atoms with Gasteiger partial charge in [0.1, 0.15) is 24.2 Å². The first-order valence-electron chi connectivity index (χ1n) is 11.1. The lowest BCUT2D eigenvalue weighted by Crippen LogP contribution is -2.21. The molecule has 2 aliphatic rings. The summed E-state index contributed by atoms with van der Waals surface area (Å²) in [6, 6.07) is 3.35. The zero-order valence-electron chi connectivity index (χ0n) is 18.6. The molecule has 2 unspecified atom stereocenters. The molecule has 0 bridgehead atoms. The number of nitrogens with two attached hydrogens (primary N) is 1. The van der Waals surface area contributed by atoms with E-state index in [-0.39, 0.29) is 11.8 Å². The Bertz CT molecular complexity index is 1250. The largest absolute Gasteiger partial charge is 0.474 e. The molecular weight excluding hydrogens is 425 g/mol. The van der Waals surface area contributed by atoms with Crippen LogP contribution >= 0.6 is 0 Å². The maximum atomic E-state index is 15.3. The Balaban J connectivity index is 1.47. The van der Waals surface area contributed by atoms with Gasteiger partial charge in [-0.3, -0.25) is 5.32 Å². The number of anilines is 3. The van der Waals surface area contributed by atoms with Crippen LogP contribution in [0.1, 0.15) is 31.7 Å². The van der Waals surface area contributed by atoms with Gasteiger partial charge in [-0.2, -0.15) is 0 Å². The molecule has 3 aromatic rings. The van der Waals surface area contributed by atoms with Crippen molar-refractivity contribution in [3.8, 4) is 17.0 Å². The van der Waals surface area contributed by atoms with E-state index in [4.69, 9.17) is 15.2 Å². The standard InChI is InChI=1S/C24H26FN5O3/c1-12-3-4-15(7-12)33-24(31)30-19-9-14-8-16(20(25)21(26)18(14)11-28-19)17-10-29-23-22(13(17)2)27-5-6-32-23/h8-12,15,27H,3-7,26H2,1-2H3,(H,28,30,31). The molecule has 3 heterocycles. The third-order valence-electron chi connectivity index (χ3n) is 6.39. The Labute approximate surface area is 190 Å². The number of hydrogen-bond donors (Lipinski definition) is 3. The highest BCUT2D eigenvalue weighted by Gasteiger charge is 2.25. The van der Waals surface area contributed by atoms with Crippen molar-refractivity contribution in [1.29, 1.82) is 0 Å². The molecule has 2 aromatic heterocycles. The molecule has 0 saturated heterocycles. The summed E-state index contributed by atoms with van der Waals surface area (Å²) in [6.07, 6.45) is 5.21. The molecule has 1 aliphatic carbocycles. The van der Waals surface area contributed by atoms with Gasteiger partial charge in [-0.15, -0.1) is 0 Å². The molecule has 4 N–H and O–H groups in total. The summed E-state index contributed by atoms with van der Waals surface area (Å²) in [7, 11) is 0. The number of ether oxygens (including phenoxy) is 2. The Morgan fingerprint density at radius 2 is 2.12 bits per heavy atom. The van der Waals surface area contributed by atoms with Crippen molar-refractivity contribution in [3.05, 3.63) is 35.9 Å². The quantitative estimate of drug-likeness (QED) is 0.487. The molecule has 2 atom stereocenters. The molecule has 33 heavy (non-hydrogen) atoms. The average Bonchev–Trinajstić information content (AvgIpc) is 3.21. The normalized spacial score (nSPS) is 19.5. The fraction of sp³-hybridized carbons (Fsp3) is 0.375. The number of hydrogen-bond acceptors (Lipinski definition) is 7. The highest BCUT2D eigenvalue weighted by molar-refractivity contribution is 5.99. The number of nitrogens with one attached hydrogen (secondary N) is 2. The number of amides is 1. The first-order chi connectivity index (χ1) is 15.9. The summed E-state index contributed by atoms with van der Waals surface area (Å²) >= 11 is 0. The monoisotopic (exact) mass is 451 g/mol. The first-order valence-corrected chi connectivity index (χ1v) is 11.1. The summed E-state index contributed by atoms with van der Waals surface area (Å²) in [5.74, 6) is 0.830. The number of aromatic nitrogens is 2. The number of nitrogen functional groups attached to an aromatic ring is 1. The molecule has 1 aromatic carbocycles. The molecule has 5 rings (SSSR count). The van der Waals surface area contributed by atoms with Crippen molar-refractivity contribution in [2.45, 2.75) is 39.2 Å². The third kappa shape index (κ3) is 3.99. The van der Waals surface area contributed by atoms with Crippen LogP contribution in [0.15, 0.2) is 24.5 Å². The van der Waals surface area contributed by atoms with Crippen molar-refractivity contribution in [2.24, 2.45) is 5.92 Å². The van der Waals surface area contributed by atoms with Crippen molar-refractivity contribution < 1.29 is 18.7 Å². The highest BCUT2D eigenvalue weighted by Crippen LogP contribution is 2.39. The van der Waals surface area contributed by atoms with Crippen LogP contribution in [0.25, 0.3) is 21.9 Å². The van der Waals surface area contributed by atoms with Gasteiger partial charge in [0.25, 0.3) is 0 Å². The zero-order chi connectivity index (χ0) is 23.1. The van der Waals surface area contributed by atoms with Gasteiger partial charge in [0.2, 0.25) is 5.88 Å². The predicted molar refractivity (Wildman–Crippen MR) is 125 cm³/mol. The number of halogens is 1. The lowest BCUT2D eigenvalue weighted by Gasteiger charge is -2.22. The number of rotatable bonds is 3. The van der Waals surface area contributed by atoms with Crippen LogP contribution in [0, 0.1) is 18.7 Å². The van der Waals surface area contributed by atoms with E-state index in [1.807, 2.05) is 6.92 Å². The molecule has 0 spiro atoms. The van der Waals surface area contributed by atoms with Gasteiger partial charge in [-0.1, -0.05) is 6.92 Å². The summed E-state index contributed by atoms with van der Waals surface area (Å²) in [6.45, 7) is 5.21. The Morgan fingerprint density at radius 1 is 1.27 bits per heavy atom. The highest BCUT2D eigenvalue weighted by atomic mass is 19.1. The molecule has 8 nitrogen and oxygen atoms in total. The van der Waals surface area contributed by atoms with Gasteiger partial charge in [0, 0.05) is 35.5 Å². The number of carbonyl (C=O) groups excluding carboxylic acids is 1. The van der Waals surface area contributed by atoms with Crippen LogP contribution in [-0.4, -0.2) is 35.3 Å². The van der Waals surface area contributed by atoms with Gasteiger partial charge in [0.05, 0.1) is 5.69 Å². The first kappa shape index (κ1) is 21.2. The number of pyridine rings is 2. The number of benzene rings is 1. The van der Waals surface area contributed by atoms with Gasteiger partial charge in [-0.05, 0) is 55.2 Å². The van der Waals surface area contributed by atoms with Crippen LogP contribution in [0.4, 0.5) is 26.4 Å². The second kappa shape index (κ2) is 8.38. The Hall–Kier alpha value is -3.62. The molecule has 1 amide bonds. The van der Waals surface area contributed by atoms with E-state index in [0.717, 1.165) is 30.5 Å². The fourth-order valence-corrected chi connectivity index (χ4v) is 4.60. The fourth-order valence-electron chi connectivity index (χ4n) is 4.60. The number of fused-ring (bicyclic) bond motifs is 2. The number of carbonyl (C=O) groups is 1. The van der Waals surface area contributed by atoms with E-state index in [0.29, 0.717) is 52.7 Å². The van der Waals surface area contributed by atoms with Gasteiger partial charge in [0.15, 0.2) is 5.82 Å².